The highest BCUT2D eigenvalue weighted by Crippen LogP contribution is 2.49. The number of anilines is 1. The van der Waals surface area contributed by atoms with E-state index >= 15 is 0 Å². The number of β-lactam (4-membered cyclic amide) rings is 1. The Labute approximate surface area is 345 Å². The van der Waals surface area contributed by atoms with Gasteiger partial charge in [0, 0.05) is 25.0 Å². The molecule has 3 fully saturated rings. The van der Waals surface area contributed by atoms with Gasteiger partial charge in [0.05, 0.1) is 23.7 Å². The Morgan fingerprint density at radius 2 is 1.68 bits per heavy atom. The van der Waals surface area contributed by atoms with Crippen LogP contribution in [0.3, 0.4) is 0 Å². The smallest absolute Gasteiger partial charge is 0.350 e. The number of carboxylic acids is 2. The van der Waals surface area contributed by atoms with Gasteiger partial charge >= 0.3 is 29.8 Å². The highest BCUT2D eigenvalue weighted by molar-refractivity contribution is 8.02. The van der Waals surface area contributed by atoms with Crippen LogP contribution in [-0.4, -0.2) is 154 Å². The Morgan fingerprint density at radius 3 is 2.29 bits per heavy atom. The lowest BCUT2D eigenvalue weighted by Gasteiger charge is -2.41. The molecule has 0 bridgehead atoms. The Balaban J connectivity index is 1.11. The molecule has 2 aromatic rings. The summed E-state index contributed by atoms with van der Waals surface area (Å²) in [5.41, 5.74) is 5.00. The number of thioether (sulfide) groups is 1. The molecular formula is C32H35ClN10O14S2. The highest BCUT2D eigenvalue weighted by Gasteiger charge is 2.66. The largest absolute Gasteiger partial charge is 0.504 e. The predicted octanol–water partition coefficient (Wildman–Crippen LogP) is -1.78. The number of hydrogen-bond acceptors (Lipinski definition) is 17. The number of nitrogens with one attached hydrogen (secondary N) is 4. The Kier molecular flexibility index (Phi) is 12.7. The van der Waals surface area contributed by atoms with Gasteiger partial charge in [-0.15, -0.1) is 11.3 Å². The molecule has 3 atom stereocenters. The number of halogens is 1. The summed E-state index contributed by atoms with van der Waals surface area (Å²) in [6, 6.07) is -0.263. The van der Waals surface area contributed by atoms with Crippen molar-refractivity contribution in [2.45, 2.75) is 48.6 Å². The fourth-order valence-corrected chi connectivity index (χ4v) is 8.06. The minimum absolute atomic E-state index is 0.0216. The zero-order valence-electron chi connectivity index (χ0n) is 30.7. The average Bonchev–Trinajstić information content (AvgIpc) is 3.89. The maximum atomic E-state index is 13.4. The second-order valence-corrected chi connectivity index (χ2v) is 16.0. The van der Waals surface area contributed by atoms with Crippen LogP contribution in [0.15, 0.2) is 22.7 Å². The van der Waals surface area contributed by atoms with E-state index in [2.05, 4.69) is 31.5 Å². The number of hydrazine groups is 1. The number of nitrogen functional groups attached to an aromatic ring is 1. The van der Waals surface area contributed by atoms with Gasteiger partial charge in [-0.1, -0.05) is 28.5 Å². The molecule has 0 unspecified atom stereocenters. The first-order valence-electron chi connectivity index (χ1n) is 17.1. The lowest BCUT2D eigenvalue weighted by atomic mass is 10.1. The van der Waals surface area contributed by atoms with Crippen molar-refractivity contribution in [2.24, 2.45) is 5.16 Å². The van der Waals surface area contributed by atoms with E-state index in [1.54, 1.807) is 0 Å². The number of thiazole rings is 1. The van der Waals surface area contributed by atoms with Gasteiger partial charge in [-0.25, -0.2) is 24.4 Å². The SMILES string of the molecule is CC(C)(O/N=C(\C(=O)N[C@@H]1C(=O)N2C[C@@](C(=O)O)(N3CCN(NC(=O)C(=O)NCCCCNC(=O)C(=O)c4ccc(O)c(O)c4Cl)C3=O)S[C@H]12)c1csc(N)n1)C(=O)O. The number of amides is 7. The van der Waals surface area contributed by atoms with Crippen molar-refractivity contribution in [1.29, 1.82) is 0 Å². The first kappa shape index (κ1) is 43.7. The molecule has 59 heavy (non-hydrogen) atoms. The molecule has 24 nitrogen and oxygen atoms in total. The predicted molar refractivity (Wildman–Crippen MR) is 203 cm³/mol. The van der Waals surface area contributed by atoms with Gasteiger partial charge in [0.25, 0.3) is 17.6 Å². The van der Waals surface area contributed by atoms with E-state index in [1.807, 2.05) is 0 Å². The number of nitrogens with two attached hydrogens (primary N) is 1. The summed E-state index contributed by atoms with van der Waals surface area (Å²) in [7, 11) is 0. The fraction of sp³-hybridized carbons (Fsp3) is 0.406. The van der Waals surface area contributed by atoms with E-state index < -0.39 is 104 Å². The number of phenols is 2. The van der Waals surface area contributed by atoms with Crippen LogP contribution in [0.4, 0.5) is 9.93 Å². The summed E-state index contributed by atoms with van der Waals surface area (Å²) >= 11 is 7.44. The number of Topliss-reactive ketones (excluding diaryl/α,β-unsaturated/α-hetero) is 1. The van der Waals surface area contributed by atoms with Crippen LogP contribution in [0.25, 0.3) is 0 Å². The third-order valence-corrected chi connectivity index (χ3v) is 11.7. The zero-order valence-corrected chi connectivity index (χ0v) is 33.1. The number of unbranched alkanes of at least 4 members (excludes halogenated alkanes) is 1. The van der Waals surface area contributed by atoms with Crippen molar-refractivity contribution in [2.75, 3.05) is 38.5 Å². The normalized spacial score (nSPS) is 20.1. The fourth-order valence-electron chi connectivity index (χ4n) is 5.63. The molecule has 10 N–H and O–H groups in total. The van der Waals surface area contributed by atoms with Gasteiger partial charge in [0.15, 0.2) is 22.3 Å². The van der Waals surface area contributed by atoms with Crippen molar-refractivity contribution >= 4 is 98.8 Å². The molecule has 3 saturated heterocycles. The molecule has 3 aliphatic rings. The van der Waals surface area contributed by atoms with Crippen molar-refractivity contribution in [3.63, 3.8) is 0 Å². The quantitative estimate of drug-likeness (QED) is 0.0171. The highest BCUT2D eigenvalue weighted by atomic mass is 35.5. The molecule has 0 saturated carbocycles. The number of rotatable bonds is 16. The van der Waals surface area contributed by atoms with Crippen molar-refractivity contribution in [3.8, 4) is 11.5 Å². The second-order valence-electron chi connectivity index (χ2n) is 13.3. The molecule has 0 radical (unpaired) electrons. The number of carbonyl (C=O) groups is 9. The number of urea groups is 1. The summed E-state index contributed by atoms with van der Waals surface area (Å²) in [4.78, 5) is 123. The zero-order chi connectivity index (χ0) is 43.6. The van der Waals surface area contributed by atoms with E-state index in [-0.39, 0.29) is 55.4 Å². The average molecular weight is 883 g/mol. The van der Waals surface area contributed by atoms with Crippen LogP contribution >= 0.6 is 34.7 Å². The van der Waals surface area contributed by atoms with Crippen molar-refractivity contribution < 1.29 is 68.4 Å². The number of fused-ring (bicyclic) bond motifs is 1. The topological polar surface area (TPSA) is 353 Å². The third kappa shape index (κ3) is 8.87. The van der Waals surface area contributed by atoms with Gasteiger partial charge in [-0.2, -0.15) is 0 Å². The van der Waals surface area contributed by atoms with Crippen molar-refractivity contribution in [3.05, 3.63) is 33.8 Å². The number of benzene rings is 1. The lowest BCUT2D eigenvalue weighted by Crippen LogP contribution is -2.68. The van der Waals surface area contributed by atoms with E-state index in [1.165, 1.54) is 19.2 Å². The maximum absolute atomic E-state index is 13.4. The van der Waals surface area contributed by atoms with Crippen LogP contribution in [0.1, 0.15) is 42.7 Å². The number of carboxylic acid groups (broad SMARTS) is 2. The van der Waals surface area contributed by atoms with Gasteiger partial charge in [-0.05, 0) is 38.8 Å². The summed E-state index contributed by atoms with van der Waals surface area (Å²) < 4.78 is 0. The van der Waals surface area contributed by atoms with Gasteiger partial charge in [0.1, 0.15) is 17.1 Å². The number of oxime groups is 1. The van der Waals surface area contributed by atoms with Crippen LogP contribution < -0.4 is 27.1 Å². The Hall–Kier alpha value is -6.41. The van der Waals surface area contributed by atoms with Gasteiger partial charge in [0.2, 0.25) is 16.4 Å². The van der Waals surface area contributed by atoms with Crippen LogP contribution in [0, 0.1) is 0 Å². The summed E-state index contributed by atoms with van der Waals surface area (Å²) in [6.07, 6.45) is 0.468. The number of aromatic hydroxyl groups is 2. The van der Waals surface area contributed by atoms with Gasteiger partial charge in [-0.3, -0.25) is 39.1 Å². The minimum Gasteiger partial charge on any atom is -0.504 e. The molecule has 0 spiro atoms. The lowest BCUT2D eigenvalue weighted by molar-refractivity contribution is -0.161. The Morgan fingerprint density at radius 1 is 1.02 bits per heavy atom. The van der Waals surface area contributed by atoms with E-state index in [4.69, 9.17) is 22.2 Å². The number of nitrogens with zero attached hydrogens (tertiary/aromatic N) is 5. The van der Waals surface area contributed by atoms with Crippen LogP contribution in [0.2, 0.25) is 5.02 Å². The van der Waals surface area contributed by atoms with Crippen LogP contribution in [-0.2, 0) is 38.4 Å². The van der Waals surface area contributed by atoms with E-state index in [9.17, 15) is 63.6 Å². The molecule has 0 aliphatic carbocycles. The monoisotopic (exact) mass is 882 g/mol. The molecule has 3 aliphatic heterocycles. The molecule has 27 heteroatoms. The van der Waals surface area contributed by atoms with E-state index in [0.717, 1.165) is 38.3 Å². The summed E-state index contributed by atoms with van der Waals surface area (Å²) in [6.45, 7) is 1.27. The molecule has 4 heterocycles. The van der Waals surface area contributed by atoms with Gasteiger partial charge < -0.3 is 51.8 Å². The first-order chi connectivity index (χ1) is 27.7. The molecule has 7 amide bonds. The Bertz CT molecular complexity index is 2170. The number of phenolic OH excluding ortho intramolecular Hbond substituents is 2. The first-order valence-corrected chi connectivity index (χ1v) is 19.3. The third-order valence-electron chi connectivity index (χ3n) is 8.93. The summed E-state index contributed by atoms with van der Waals surface area (Å²) in [5.74, 6) is -10.5. The minimum atomic E-state index is -2.08. The van der Waals surface area contributed by atoms with Crippen molar-refractivity contribution in [1.82, 2.24) is 41.2 Å². The number of aromatic nitrogens is 1. The molecule has 316 valence electrons. The standard InChI is InChI=1S/C32H35ClN10O14S2/c1-31(2,27(52)53)57-40-17(14-11-58-29(34)37-14)21(47)38-18-25(51)41-12-32(28(54)55,59-26(18)41)42-9-10-43(30(42)56)39-24(50)23(49)36-8-4-3-7-35-22(48)19(45)13-5-6-15(44)20(46)16(13)33/h5-6,11,18,26,44,46H,3-4,7-10,12H2,1-2H3,(H2,34,37)(H,35,48)(H,36,49)(H,38,47)(H,39,50)(H,52,53)(H,54,55)/b40-17-/t18-,26-,32-/m1/s1. The molecular weight excluding hydrogens is 848 g/mol. The number of carbonyl (C=O) groups excluding carboxylic acids is 7. The molecule has 1 aromatic heterocycles. The maximum Gasteiger partial charge on any atom is 0.350 e. The molecule has 5 rings (SSSR count). The number of aliphatic carboxylic acids is 2. The number of hydrogen-bond donors (Lipinski definition) is 9. The molecule has 1 aromatic carbocycles. The number of ketones is 1. The van der Waals surface area contributed by atoms with Crippen LogP contribution in [0.5, 0.6) is 11.5 Å². The second kappa shape index (κ2) is 17.2. The summed E-state index contributed by atoms with van der Waals surface area (Å²) in [5, 5.41) is 50.3. The van der Waals surface area contributed by atoms with E-state index in [0.29, 0.717) is 11.8 Å².